The lowest BCUT2D eigenvalue weighted by atomic mass is 9.92. The summed E-state index contributed by atoms with van der Waals surface area (Å²) in [6, 6.07) is 11.0. The Bertz CT molecular complexity index is 474. The highest BCUT2D eigenvalue weighted by atomic mass is 32.1. The van der Waals surface area contributed by atoms with Crippen molar-refractivity contribution in [2.45, 2.75) is 26.2 Å². The number of hydrogen-bond acceptors (Lipinski definition) is 2. The zero-order valence-corrected chi connectivity index (χ0v) is 11.3. The van der Waals surface area contributed by atoms with Crippen molar-refractivity contribution in [2.24, 2.45) is 5.73 Å². The lowest BCUT2D eigenvalue weighted by Crippen LogP contribution is -2.14. The summed E-state index contributed by atoms with van der Waals surface area (Å²) in [4.78, 5) is 1.42. The van der Waals surface area contributed by atoms with Crippen LogP contribution in [0.2, 0.25) is 0 Å². The summed E-state index contributed by atoms with van der Waals surface area (Å²) in [5.74, 6) is 0.438. The van der Waals surface area contributed by atoms with Crippen molar-refractivity contribution in [3.05, 3.63) is 57.3 Å². The molecule has 1 aromatic heterocycles. The van der Waals surface area contributed by atoms with Crippen molar-refractivity contribution < 1.29 is 0 Å². The zero-order chi connectivity index (χ0) is 12.3. The van der Waals surface area contributed by atoms with Crippen molar-refractivity contribution in [1.82, 2.24) is 0 Å². The van der Waals surface area contributed by atoms with Gasteiger partial charge < -0.3 is 5.73 Å². The Labute approximate surface area is 107 Å². The summed E-state index contributed by atoms with van der Waals surface area (Å²) in [6.07, 6.45) is 1.05. The molecule has 90 valence electrons. The van der Waals surface area contributed by atoms with Crippen LogP contribution in [0.5, 0.6) is 0 Å². The van der Waals surface area contributed by atoms with Gasteiger partial charge >= 0.3 is 0 Å². The number of nitrogens with two attached hydrogens (primary N) is 1. The third-order valence-corrected chi connectivity index (χ3v) is 4.21. The van der Waals surface area contributed by atoms with E-state index in [1.807, 2.05) is 11.3 Å². The molecule has 1 nitrogen and oxygen atoms in total. The Hall–Kier alpha value is -1.12. The third kappa shape index (κ3) is 2.96. The van der Waals surface area contributed by atoms with Gasteiger partial charge in [0.05, 0.1) is 0 Å². The summed E-state index contributed by atoms with van der Waals surface area (Å²) < 4.78 is 0. The molecular weight excluding hydrogens is 226 g/mol. The SMILES string of the molecule is Cc1ccc(C(CN)Cc2cccs2)cc1C. The van der Waals surface area contributed by atoms with Crippen LogP contribution in [0.25, 0.3) is 0 Å². The van der Waals surface area contributed by atoms with E-state index in [-0.39, 0.29) is 0 Å². The predicted octanol–water partition coefficient (Wildman–Crippen LogP) is 3.65. The van der Waals surface area contributed by atoms with E-state index in [0.717, 1.165) is 6.42 Å². The number of thiophene rings is 1. The van der Waals surface area contributed by atoms with E-state index in [2.05, 4.69) is 49.6 Å². The van der Waals surface area contributed by atoms with E-state index in [0.29, 0.717) is 12.5 Å². The van der Waals surface area contributed by atoms with Crippen LogP contribution in [0.3, 0.4) is 0 Å². The topological polar surface area (TPSA) is 26.0 Å². The van der Waals surface area contributed by atoms with Gasteiger partial charge in [0.2, 0.25) is 0 Å². The van der Waals surface area contributed by atoms with E-state index in [1.54, 1.807) is 0 Å². The van der Waals surface area contributed by atoms with Gasteiger partial charge in [-0.05, 0) is 54.9 Å². The molecule has 0 amide bonds. The Kier molecular flexibility index (Phi) is 3.97. The van der Waals surface area contributed by atoms with Crippen LogP contribution in [0.15, 0.2) is 35.7 Å². The zero-order valence-electron chi connectivity index (χ0n) is 10.4. The molecule has 0 aliphatic rings. The summed E-state index contributed by atoms with van der Waals surface area (Å²) >= 11 is 1.81. The molecule has 0 saturated heterocycles. The second kappa shape index (κ2) is 5.48. The number of benzene rings is 1. The fraction of sp³-hybridized carbons (Fsp3) is 0.333. The van der Waals surface area contributed by atoms with Crippen molar-refractivity contribution in [2.75, 3.05) is 6.54 Å². The predicted molar refractivity (Wildman–Crippen MR) is 75.7 cm³/mol. The van der Waals surface area contributed by atoms with Crippen LogP contribution in [0.4, 0.5) is 0 Å². The number of rotatable bonds is 4. The molecule has 0 fully saturated rings. The number of hydrogen-bond donors (Lipinski definition) is 1. The standard InChI is InChI=1S/C15H19NS/c1-11-5-6-13(8-12(11)2)14(10-16)9-15-4-3-7-17-15/h3-8,14H,9-10,16H2,1-2H3. The molecule has 2 rings (SSSR count). The maximum Gasteiger partial charge on any atom is 0.00517 e. The molecule has 0 aliphatic heterocycles. The average molecular weight is 245 g/mol. The molecule has 2 aromatic rings. The Balaban J connectivity index is 2.20. The first kappa shape index (κ1) is 12.3. The second-order valence-corrected chi connectivity index (χ2v) is 5.59. The summed E-state index contributed by atoms with van der Waals surface area (Å²) in [6.45, 7) is 5.02. The Morgan fingerprint density at radius 2 is 2.00 bits per heavy atom. The van der Waals surface area contributed by atoms with Gasteiger partial charge in [-0.2, -0.15) is 0 Å². The monoisotopic (exact) mass is 245 g/mol. The fourth-order valence-corrected chi connectivity index (χ4v) is 2.81. The molecule has 0 radical (unpaired) electrons. The van der Waals surface area contributed by atoms with Crippen LogP contribution in [-0.4, -0.2) is 6.54 Å². The van der Waals surface area contributed by atoms with Crippen molar-refractivity contribution in [1.29, 1.82) is 0 Å². The van der Waals surface area contributed by atoms with Crippen LogP contribution in [0.1, 0.15) is 27.5 Å². The Morgan fingerprint density at radius 1 is 1.18 bits per heavy atom. The maximum atomic E-state index is 5.91. The van der Waals surface area contributed by atoms with E-state index in [1.165, 1.54) is 21.6 Å². The normalized spacial score (nSPS) is 12.6. The van der Waals surface area contributed by atoms with Crippen molar-refractivity contribution in [3.63, 3.8) is 0 Å². The molecule has 1 atom stereocenters. The highest BCUT2D eigenvalue weighted by Crippen LogP contribution is 2.24. The highest BCUT2D eigenvalue weighted by molar-refractivity contribution is 7.09. The van der Waals surface area contributed by atoms with Gasteiger partial charge in [-0.3, -0.25) is 0 Å². The molecular formula is C15H19NS. The lowest BCUT2D eigenvalue weighted by Gasteiger charge is -2.15. The van der Waals surface area contributed by atoms with Gasteiger partial charge in [-0.25, -0.2) is 0 Å². The van der Waals surface area contributed by atoms with Crippen molar-refractivity contribution in [3.8, 4) is 0 Å². The van der Waals surface area contributed by atoms with Gasteiger partial charge in [-0.15, -0.1) is 11.3 Å². The van der Waals surface area contributed by atoms with Crippen LogP contribution in [0, 0.1) is 13.8 Å². The fourth-order valence-electron chi connectivity index (χ4n) is 2.03. The second-order valence-electron chi connectivity index (χ2n) is 4.56. The molecule has 0 aliphatic carbocycles. The summed E-state index contributed by atoms with van der Waals surface area (Å²) in [7, 11) is 0. The molecule has 17 heavy (non-hydrogen) atoms. The molecule has 2 heteroatoms. The van der Waals surface area contributed by atoms with Crippen LogP contribution < -0.4 is 5.73 Å². The highest BCUT2D eigenvalue weighted by Gasteiger charge is 2.11. The first-order chi connectivity index (χ1) is 8.20. The van der Waals surface area contributed by atoms with Crippen LogP contribution in [-0.2, 0) is 6.42 Å². The van der Waals surface area contributed by atoms with Gasteiger partial charge in [0.15, 0.2) is 0 Å². The van der Waals surface area contributed by atoms with Gasteiger partial charge in [0, 0.05) is 10.8 Å². The molecule has 2 N–H and O–H groups in total. The van der Waals surface area contributed by atoms with Crippen molar-refractivity contribution >= 4 is 11.3 Å². The third-order valence-electron chi connectivity index (χ3n) is 3.31. The minimum atomic E-state index is 0.438. The molecule has 0 saturated carbocycles. The van der Waals surface area contributed by atoms with E-state index >= 15 is 0 Å². The Morgan fingerprint density at radius 3 is 2.59 bits per heavy atom. The lowest BCUT2D eigenvalue weighted by molar-refractivity contribution is 0.700. The average Bonchev–Trinajstić information content (AvgIpc) is 2.82. The molecule has 0 spiro atoms. The largest absolute Gasteiger partial charge is 0.330 e. The van der Waals surface area contributed by atoms with Crippen LogP contribution >= 0.6 is 11.3 Å². The summed E-state index contributed by atoms with van der Waals surface area (Å²) in [5.41, 5.74) is 9.98. The molecule has 1 aromatic carbocycles. The van der Waals surface area contributed by atoms with E-state index < -0.39 is 0 Å². The van der Waals surface area contributed by atoms with Gasteiger partial charge in [-0.1, -0.05) is 24.3 Å². The molecule has 1 unspecified atom stereocenters. The smallest absolute Gasteiger partial charge is 0.00517 e. The number of aryl methyl sites for hydroxylation is 2. The van der Waals surface area contributed by atoms with Gasteiger partial charge in [0.1, 0.15) is 0 Å². The van der Waals surface area contributed by atoms with E-state index in [9.17, 15) is 0 Å². The summed E-state index contributed by atoms with van der Waals surface area (Å²) in [5, 5.41) is 2.13. The first-order valence-electron chi connectivity index (χ1n) is 6.00. The quantitative estimate of drug-likeness (QED) is 0.874. The van der Waals surface area contributed by atoms with E-state index in [4.69, 9.17) is 5.73 Å². The van der Waals surface area contributed by atoms with Gasteiger partial charge in [0.25, 0.3) is 0 Å². The minimum absolute atomic E-state index is 0.438. The molecule has 1 heterocycles. The maximum absolute atomic E-state index is 5.91. The molecule has 0 bridgehead atoms. The first-order valence-corrected chi connectivity index (χ1v) is 6.88. The minimum Gasteiger partial charge on any atom is -0.330 e.